The number of esters is 1. The summed E-state index contributed by atoms with van der Waals surface area (Å²) in [5.74, 6) is -1.31. The number of carboxylic acids is 1. The molecule has 0 aromatic carbocycles. The van der Waals surface area contributed by atoms with Gasteiger partial charge in [0.15, 0.2) is 0 Å². The van der Waals surface area contributed by atoms with Gasteiger partial charge >= 0.3 is 11.9 Å². The summed E-state index contributed by atoms with van der Waals surface area (Å²) in [6, 6.07) is -0.196. The Bertz CT molecular complexity index is 346. The number of rotatable bonds is 11. The molecule has 1 atom stereocenters. The van der Waals surface area contributed by atoms with Crippen LogP contribution >= 0.6 is 0 Å². The highest BCUT2D eigenvalue weighted by atomic mass is 16.5. The molecule has 0 radical (unpaired) electrons. The Labute approximate surface area is 125 Å². The Balaban J connectivity index is 3.94. The summed E-state index contributed by atoms with van der Waals surface area (Å²) in [4.78, 5) is 35.3. The molecule has 0 saturated heterocycles. The average Bonchev–Trinajstić information content (AvgIpc) is 2.40. The first kappa shape index (κ1) is 19.4. The molecule has 0 rings (SSSR count). The van der Waals surface area contributed by atoms with Crippen molar-refractivity contribution in [3.05, 3.63) is 0 Å². The Kier molecular flexibility index (Phi) is 10.2. The maximum absolute atomic E-state index is 11.8. The molecule has 1 unspecified atom stereocenters. The Morgan fingerprint density at radius 2 is 1.95 bits per heavy atom. The number of carbonyl (C=O) groups is 3. The zero-order chi connectivity index (χ0) is 16.3. The predicted molar refractivity (Wildman–Crippen MR) is 77.8 cm³/mol. The van der Waals surface area contributed by atoms with Gasteiger partial charge in [-0.2, -0.15) is 0 Å². The maximum Gasteiger partial charge on any atom is 0.305 e. The Morgan fingerprint density at radius 3 is 2.48 bits per heavy atom. The van der Waals surface area contributed by atoms with E-state index in [2.05, 4.69) is 5.32 Å². The number of aliphatic carboxylic acids is 1. The van der Waals surface area contributed by atoms with Gasteiger partial charge in [0, 0.05) is 19.0 Å². The van der Waals surface area contributed by atoms with Gasteiger partial charge in [0.1, 0.15) is 0 Å². The summed E-state index contributed by atoms with van der Waals surface area (Å²) in [5.41, 5.74) is 0. The minimum absolute atomic E-state index is 0.00395. The van der Waals surface area contributed by atoms with Gasteiger partial charge in [-0.3, -0.25) is 19.3 Å². The van der Waals surface area contributed by atoms with Crippen LogP contribution in [0.25, 0.3) is 0 Å². The van der Waals surface area contributed by atoms with Crippen LogP contribution in [0.1, 0.15) is 40.0 Å². The van der Waals surface area contributed by atoms with Crippen molar-refractivity contribution in [2.45, 2.75) is 46.1 Å². The summed E-state index contributed by atoms with van der Waals surface area (Å²) in [7, 11) is 0. The van der Waals surface area contributed by atoms with Crippen molar-refractivity contribution >= 4 is 17.8 Å². The smallest absolute Gasteiger partial charge is 0.305 e. The fourth-order valence-electron chi connectivity index (χ4n) is 1.90. The second kappa shape index (κ2) is 11.1. The van der Waals surface area contributed by atoms with Crippen LogP contribution in [0, 0.1) is 0 Å². The quantitative estimate of drug-likeness (QED) is 0.429. The van der Waals surface area contributed by atoms with E-state index in [0.717, 1.165) is 0 Å². The van der Waals surface area contributed by atoms with Crippen LogP contribution in [0.2, 0.25) is 0 Å². The lowest BCUT2D eigenvalue weighted by Gasteiger charge is -2.25. The number of nitrogens with one attached hydrogen (secondary N) is 1. The zero-order valence-corrected chi connectivity index (χ0v) is 13.1. The molecule has 0 aromatic rings. The number of amides is 1. The lowest BCUT2D eigenvalue weighted by molar-refractivity contribution is -0.143. The van der Waals surface area contributed by atoms with E-state index in [0.29, 0.717) is 26.1 Å². The van der Waals surface area contributed by atoms with Gasteiger partial charge in [0.2, 0.25) is 5.91 Å². The van der Waals surface area contributed by atoms with E-state index < -0.39 is 5.97 Å². The van der Waals surface area contributed by atoms with E-state index in [9.17, 15) is 14.4 Å². The Hall–Kier alpha value is -1.63. The van der Waals surface area contributed by atoms with E-state index in [1.54, 1.807) is 18.7 Å². The number of hydrogen-bond acceptors (Lipinski definition) is 5. The second-order valence-corrected chi connectivity index (χ2v) is 4.77. The molecule has 21 heavy (non-hydrogen) atoms. The lowest BCUT2D eigenvalue weighted by Crippen LogP contribution is -2.42. The van der Waals surface area contributed by atoms with Crippen LogP contribution in [-0.4, -0.2) is 60.1 Å². The first-order valence-corrected chi connectivity index (χ1v) is 7.28. The molecule has 0 aliphatic carbocycles. The fourth-order valence-corrected chi connectivity index (χ4v) is 1.90. The Morgan fingerprint density at radius 1 is 1.29 bits per heavy atom. The molecule has 0 fully saturated rings. The highest BCUT2D eigenvalue weighted by molar-refractivity contribution is 5.78. The average molecular weight is 302 g/mol. The van der Waals surface area contributed by atoms with Crippen molar-refractivity contribution in [1.29, 1.82) is 0 Å². The molecule has 0 aliphatic heterocycles. The summed E-state index contributed by atoms with van der Waals surface area (Å²) >= 11 is 0. The van der Waals surface area contributed by atoms with Gasteiger partial charge in [-0.05, 0) is 26.8 Å². The molecule has 0 spiro atoms. The standard InChI is InChI=1S/C14H26N2O5/c1-4-16(11(3)9-13(18)19)10-12(17)15-8-6-7-14(20)21-5-2/h11H,4-10H2,1-3H3,(H,15,17)(H,18,19). The normalized spacial score (nSPS) is 12.0. The molecule has 0 aromatic heterocycles. The van der Waals surface area contributed by atoms with Crippen LogP contribution in [0.15, 0.2) is 0 Å². The first-order valence-electron chi connectivity index (χ1n) is 7.28. The van der Waals surface area contributed by atoms with Gasteiger partial charge < -0.3 is 15.2 Å². The fraction of sp³-hybridized carbons (Fsp3) is 0.786. The van der Waals surface area contributed by atoms with Gasteiger partial charge in [0.25, 0.3) is 0 Å². The minimum Gasteiger partial charge on any atom is -0.481 e. The van der Waals surface area contributed by atoms with Crippen LogP contribution in [0.4, 0.5) is 0 Å². The van der Waals surface area contributed by atoms with E-state index in [-0.39, 0.29) is 37.3 Å². The van der Waals surface area contributed by atoms with Crippen molar-refractivity contribution in [1.82, 2.24) is 10.2 Å². The van der Waals surface area contributed by atoms with Crippen LogP contribution < -0.4 is 5.32 Å². The SMILES string of the molecule is CCOC(=O)CCCNC(=O)CN(CC)C(C)CC(=O)O. The molecular formula is C14H26N2O5. The number of carbonyl (C=O) groups excluding carboxylic acids is 2. The minimum atomic E-state index is -0.879. The topological polar surface area (TPSA) is 95.9 Å². The van der Waals surface area contributed by atoms with E-state index in [1.165, 1.54) is 0 Å². The van der Waals surface area contributed by atoms with Crippen molar-refractivity contribution < 1.29 is 24.2 Å². The van der Waals surface area contributed by atoms with E-state index in [4.69, 9.17) is 9.84 Å². The van der Waals surface area contributed by atoms with Gasteiger partial charge in [-0.25, -0.2) is 0 Å². The van der Waals surface area contributed by atoms with Crippen molar-refractivity contribution in [3.8, 4) is 0 Å². The highest BCUT2D eigenvalue weighted by Gasteiger charge is 2.17. The maximum atomic E-state index is 11.8. The van der Waals surface area contributed by atoms with Crippen LogP contribution in [0.5, 0.6) is 0 Å². The molecule has 7 nitrogen and oxygen atoms in total. The summed E-state index contributed by atoms with van der Waals surface area (Å²) in [6.07, 6.45) is 0.812. The molecule has 7 heteroatoms. The largest absolute Gasteiger partial charge is 0.481 e. The molecule has 2 N–H and O–H groups in total. The molecule has 0 bridgehead atoms. The summed E-state index contributed by atoms with van der Waals surface area (Å²) in [5, 5.41) is 11.5. The first-order chi connectivity index (χ1) is 9.90. The number of carboxylic acid groups (broad SMARTS) is 1. The molecule has 0 heterocycles. The van der Waals surface area contributed by atoms with Gasteiger partial charge in [-0.15, -0.1) is 0 Å². The lowest BCUT2D eigenvalue weighted by atomic mass is 10.2. The number of likely N-dealkylation sites (N-methyl/N-ethyl adjacent to an activating group) is 1. The summed E-state index contributed by atoms with van der Waals surface area (Å²) < 4.78 is 4.78. The van der Waals surface area contributed by atoms with Crippen molar-refractivity contribution in [3.63, 3.8) is 0 Å². The van der Waals surface area contributed by atoms with E-state index in [1.807, 2.05) is 6.92 Å². The van der Waals surface area contributed by atoms with E-state index >= 15 is 0 Å². The third-order valence-electron chi connectivity index (χ3n) is 3.03. The second-order valence-electron chi connectivity index (χ2n) is 4.77. The van der Waals surface area contributed by atoms with Crippen LogP contribution in [0.3, 0.4) is 0 Å². The van der Waals surface area contributed by atoms with Crippen molar-refractivity contribution in [2.24, 2.45) is 0 Å². The van der Waals surface area contributed by atoms with Gasteiger partial charge in [0.05, 0.1) is 19.6 Å². The molecular weight excluding hydrogens is 276 g/mol. The third-order valence-corrected chi connectivity index (χ3v) is 3.03. The molecule has 1 amide bonds. The number of nitrogens with zero attached hydrogens (tertiary/aromatic N) is 1. The number of ether oxygens (including phenoxy) is 1. The van der Waals surface area contributed by atoms with Crippen LogP contribution in [-0.2, 0) is 19.1 Å². The molecule has 0 saturated carbocycles. The highest BCUT2D eigenvalue weighted by Crippen LogP contribution is 2.03. The number of hydrogen-bond donors (Lipinski definition) is 2. The molecule has 0 aliphatic rings. The van der Waals surface area contributed by atoms with Gasteiger partial charge in [-0.1, -0.05) is 6.92 Å². The summed E-state index contributed by atoms with van der Waals surface area (Å²) in [6.45, 7) is 6.94. The van der Waals surface area contributed by atoms with Crippen molar-refractivity contribution in [2.75, 3.05) is 26.2 Å². The monoisotopic (exact) mass is 302 g/mol. The third kappa shape index (κ3) is 9.84. The zero-order valence-electron chi connectivity index (χ0n) is 13.1. The molecule has 122 valence electrons. The predicted octanol–water partition coefficient (Wildman–Crippen LogP) is 0.631.